The van der Waals surface area contributed by atoms with Crippen LogP contribution in [0.3, 0.4) is 0 Å². The van der Waals surface area contributed by atoms with Crippen LogP contribution >= 0.6 is 0 Å². The highest BCUT2D eigenvalue weighted by Gasteiger charge is 2.27. The van der Waals surface area contributed by atoms with Crippen LogP contribution in [0.5, 0.6) is 5.75 Å². The van der Waals surface area contributed by atoms with Crippen LogP contribution < -0.4 is 10.1 Å². The number of benzene rings is 1. The Morgan fingerprint density at radius 3 is 2.48 bits per heavy atom. The number of hydrogen-bond donors (Lipinski definition) is 1. The summed E-state index contributed by atoms with van der Waals surface area (Å²) in [7, 11) is 0. The summed E-state index contributed by atoms with van der Waals surface area (Å²) in [6.07, 6.45) is 3.37. The first-order valence-electron chi connectivity index (χ1n) is 10.00. The number of carbonyl (C=O) groups is 2. The molecule has 0 aromatic heterocycles. The van der Waals surface area contributed by atoms with Gasteiger partial charge < -0.3 is 19.9 Å². The van der Waals surface area contributed by atoms with Gasteiger partial charge in [0.25, 0.3) is 0 Å². The maximum atomic E-state index is 12.5. The smallest absolute Gasteiger partial charge is 0.317 e. The molecule has 0 bridgehead atoms. The number of likely N-dealkylation sites (tertiary alicyclic amines) is 2. The number of hydrogen-bond acceptors (Lipinski definition) is 3. The Labute approximate surface area is 161 Å². The molecule has 2 aliphatic heterocycles. The number of urea groups is 1. The second-order valence-electron chi connectivity index (χ2n) is 7.82. The van der Waals surface area contributed by atoms with E-state index in [1.54, 1.807) is 0 Å². The van der Waals surface area contributed by atoms with Crippen molar-refractivity contribution in [2.24, 2.45) is 0 Å². The van der Waals surface area contributed by atoms with Gasteiger partial charge >= 0.3 is 6.03 Å². The second kappa shape index (κ2) is 8.63. The Hall–Kier alpha value is -2.24. The van der Waals surface area contributed by atoms with Gasteiger partial charge in [-0.3, -0.25) is 4.79 Å². The van der Waals surface area contributed by atoms with Gasteiger partial charge in [0, 0.05) is 51.5 Å². The van der Waals surface area contributed by atoms with Crippen molar-refractivity contribution in [2.75, 3.05) is 26.2 Å². The van der Waals surface area contributed by atoms with Gasteiger partial charge in [-0.15, -0.1) is 0 Å². The van der Waals surface area contributed by atoms with Crippen molar-refractivity contribution >= 4 is 11.9 Å². The number of ether oxygens (including phenoxy) is 1. The lowest BCUT2D eigenvalue weighted by Gasteiger charge is -2.34. The topological polar surface area (TPSA) is 61.9 Å². The van der Waals surface area contributed by atoms with E-state index in [4.69, 9.17) is 4.74 Å². The average Bonchev–Trinajstić information content (AvgIpc) is 3.03. The number of nitrogens with zero attached hydrogens (tertiary/aromatic N) is 2. The van der Waals surface area contributed by atoms with Crippen LogP contribution in [0.2, 0.25) is 0 Å². The molecule has 0 saturated carbocycles. The minimum atomic E-state index is -0.0420. The maximum Gasteiger partial charge on any atom is 0.317 e. The molecule has 148 valence electrons. The fourth-order valence-corrected chi connectivity index (χ4v) is 3.90. The molecule has 0 unspecified atom stereocenters. The number of amides is 3. The molecule has 3 rings (SSSR count). The van der Waals surface area contributed by atoms with E-state index >= 15 is 0 Å². The van der Waals surface area contributed by atoms with E-state index < -0.39 is 0 Å². The van der Waals surface area contributed by atoms with Crippen LogP contribution in [0, 0.1) is 13.8 Å². The Morgan fingerprint density at radius 1 is 1.22 bits per heavy atom. The number of para-hydroxylation sites is 1. The Kier molecular flexibility index (Phi) is 6.24. The third-order valence-corrected chi connectivity index (χ3v) is 5.46. The van der Waals surface area contributed by atoms with Crippen molar-refractivity contribution in [3.63, 3.8) is 0 Å². The first kappa shape index (κ1) is 19.5. The molecule has 1 atom stereocenters. The van der Waals surface area contributed by atoms with E-state index in [2.05, 4.69) is 31.3 Å². The van der Waals surface area contributed by atoms with E-state index in [9.17, 15) is 9.59 Å². The fourth-order valence-electron chi connectivity index (χ4n) is 3.90. The molecule has 0 spiro atoms. The summed E-state index contributed by atoms with van der Waals surface area (Å²) in [5.74, 6) is 1.17. The molecule has 2 aliphatic rings. The zero-order valence-electron chi connectivity index (χ0n) is 16.7. The van der Waals surface area contributed by atoms with E-state index in [0.29, 0.717) is 26.1 Å². The highest BCUT2D eigenvalue weighted by atomic mass is 16.5. The first-order chi connectivity index (χ1) is 12.9. The van der Waals surface area contributed by atoms with Gasteiger partial charge in [-0.05, 0) is 38.3 Å². The lowest BCUT2D eigenvalue weighted by Crippen LogP contribution is -2.51. The summed E-state index contributed by atoms with van der Waals surface area (Å²) in [5, 5.41) is 3.03. The molecule has 1 aromatic rings. The predicted molar refractivity (Wildman–Crippen MR) is 105 cm³/mol. The minimum absolute atomic E-state index is 0.0388. The van der Waals surface area contributed by atoms with Gasteiger partial charge in [-0.1, -0.05) is 18.2 Å². The van der Waals surface area contributed by atoms with Crippen molar-refractivity contribution < 1.29 is 14.3 Å². The predicted octanol–water partition coefficient (Wildman–Crippen LogP) is 2.87. The molecule has 0 radical (unpaired) electrons. The molecule has 2 saturated heterocycles. The monoisotopic (exact) mass is 373 g/mol. The normalized spacial score (nSPS) is 19.3. The maximum absolute atomic E-state index is 12.5. The van der Waals surface area contributed by atoms with E-state index in [-0.39, 0.29) is 24.1 Å². The summed E-state index contributed by atoms with van der Waals surface area (Å²) in [5.41, 5.74) is 2.31. The SMILES string of the molecule is Cc1cccc(C)c1OC1CCN(C(=O)N[C@@H](C)CN2CCCC2=O)CC1. The number of carbonyl (C=O) groups excluding carboxylic acids is 2. The summed E-state index contributed by atoms with van der Waals surface area (Å²) in [4.78, 5) is 27.9. The highest BCUT2D eigenvalue weighted by Crippen LogP contribution is 2.26. The summed E-state index contributed by atoms with van der Waals surface area (Å²) >= 11 is 0. The van der Waals surface area contributed by atoms with Gasteiger partial charge in [0.2, 0.25) is 5.91 Å². The van der Waals surface area contributed by atoms with Crippen molar-refractivity contribution in [3.8, 4) is 5.75 Å². The fraction of sp³-hybridized carbons (Fsp3) is 0.619. The van der Waals surface area contributed by atoms with Crippen LogP contribution in [-0.4, -0.2) is 60.1 Å². The van der Waals surface area contributed by atoms with Crippen LogP contribution in [0.4, 0.5) is 4.79 Å². The third-order valence-electron chi connectivity index (χ3n) is 5.46. The number of aryl methyl sites for hydroxylation is 2. The van der Waals surface area contributed by atoms with Gasteiger partial charge in [-0.2, -0.15) is 0 Å². The molecule has 1 aromatic carbocycles. The number of nitrogens with one attached hydrogen (secondary N) is 1. The van der Waals surface area contributed by atoms with Gasteiger partial charge in [0.1, 0.15) is 11.9 Å². The van der Waals surface area contributed by atoms with E-state index in [0.717, 1.165) is 42.7 Å². The highest BCUT2D eigenvalue weighted by molar-refractivity contribution is 5.78. The molecule has 6 heteroatoms. The summed E-state index contributed by atoms with van der Waals surface area (Å²) < 4.78 is 6.22. The molecular formula is C21H31N3O3. The summed E-state index contributed by atoms with van der Waals surface area (Å²) in [6.45, 7) is 8.87. The van der Waals surface area contributed by atoms with Crippen LogP contribution in [0.15, 0.2) is 18.2 Å². The molecular weight excluding hydrogens is 342 g/mol. The average molecular weight is 373 g/mol. The quantitative estimate of drug-likeness (QED) is 0.863. The minimum Gasteiger partial charge on any atom is -0.490 e. The third kappa shape index (κ3) is 4.93. The molecule has 6 nitrogen and oxygen atoms in total. The van der Waals surface area contributed by atoms with Crippen LogP contribution in [0.25, 0.3) is 0 Å². The van der Waals surface area contributed by atoms with Gasteiger partial charge in [0.15, 0.2) is 0 Å². The van der Waals surface area contributed by atoms with E-state index in [1.807, 2.05) is 22.8 Å². The van der Waals surface area contributed by atoms with Crippen LogP contribution in [-0.2, 0) is 4.79 Å². The second-order valence-corrected chi connectivity index (χ2v) is 7.82. The van der Waals surface area contributed by atoms with Crippen molar-refractivity contribution in [1.29, 1.82) is 0 Å². The number of piperidine rings is 1. The Bertz CT molecular complexity index is 663. The molecule has 0 aliphatic carbocycles. The first-order valence-corrected chi connectivity index (χ1v) is 10.00. The Balaban J connectivity index is 1.44. The Morgan fingerprint density at radius 2 is 1.89 bits per heavy atom. The van der Waals surface area contributed by atoms with E-state index in [1.165, 1.54) is 0 Å². The van der Waals surface area contributed by atoms with Gasteiger partial charge in [0.05, 0.1) is 0 Å². The molecule has 27 heavy (non-hydrogen) atoms. The largest absolute Gasteiger partial charge is 0.490 e. The summed E-state index contributed by atoms with van der Waals surface area (Å²) in [6, 6.07) is 6.10. The molecule has 2 fully saturated rings. The molecule has 3 amide bonds. The van der Waals surface area contributed by atoms with Gasteiger partial charge in [-0.25, -0.2) is 4.79 Å². The molecule has 2 heterocycles. The van der Waals surface area contributed by atoms with Crippen molar-refractivity contribution in [3.05, 3.63) is 29.3 Å². The lowest BCUT2D eigenvalue weighted by atomic mass is 10.1. The number of rotatable bonds is 5. The zero-order valence-corrected chi connectivity index (χ0v) is 16.7. The standard InChI is InChI=1S/C21H31N3O3/c1-15-6-4-7-16(2)20(15)27-18-9-12-23(13-10-18)21(26)22-17(3)14-24-11-5-8-19(24)25/h4,6-7,17-18H,5,8-14H2,1-3H3,(H,22,26)/t17-/m0/s1. The van der Waals surface area contributed by atoms with Crippen LogP contribution in [0.1, 0.15) is 43.7 Å². The van der Waals surface area contributed by atoms with Crippen molar-refractivity contribution in [2.45, 2.75) is 58.6 Å². The molecule has 1 N–H and O–H groups in total. The zero-order chi connectivity index (χ0) is 19.4. The lowest BCUT2D eigenvalue weighted by molar-refractivity contribution is -0.127. The van der Waals surface area contributed by atoms with Crippen molar-refractivity contribution in [1.82, 2.24) is 15.1 Å².